The second-order valence-corrected chi connectivity index (χ2v) is 6.00. The highest BCUT2D eigenvalue weighted by Crippen LogP contribution is 2.32. The fourth-order valence-corrected chi connectivity index (χ4v) is 3.08. The van der Waals surface area contributed by atoms with Gasteiger partial charge in [-0.25, -0.2) is 4.99 Å². The number of nitrogens with zero attached hydrogens (tertiary/aromatic N) is 3. The van der Waals surface area contributed by atoms with Crippen molar-refractivity contribution in [2.75, 3.05) is 7.05 Å². The molecule has 0 N–H and O–H groups in total. The van der Waals surface area contributed by atoms with Crippen molar-refractivity contribution in [3.63, 3.8) is 0 Å². The molecule has 0 radical (unpaired) electrons. The number of pyridine rings is 1. The molecule has 0 bridgehead atoms. The van der Waals surface area contributed by atoms with E-state index in [9.17, 15) is 4.79 Å². The van der Waals surface area contributed by atoms with Crippen LogP contribution in [-0.4, -0.2) is 28.0 Å². The molecule has 5 heteroatoms. The van der Waals surface area contributed by atoms with Crippen LogP contribution in [0.15, 0.2) is 58.7 Å². The summed E-state index contributed by atoms with van der Waals surface area (Å²) in [6.45, 7) is 2.03. The molecule has 2 heterocycles. The van der Waals surface area contributed by atoms with Gasteiger partial charge in [0.1, 0.15) is 0 Å². The molecule has 1 saturated heterocycles. The summed E-state index contributed by atoms with van der Waals surface area (Å²) in [5.41, 5.74) is 2.93. The van der Waals surface area contributed by atoms with Crippen LogP contribution in [-0.2, 0) is 4.79 Å². The maximum Gasteiger partial charge on any atom is 0.266 e. The largest absolute Gasteiger partial charge is 0.290 e. The normalized spacial score (nSPS) is 18.5. The summed E-state index contributed by atoms with van der Waals surface area (Å²) in [4.78, 5) is 23.1. The lowest BCUT2D eigenvalue weighted by Crippen LogP contribution is -2.23. The minimum Gasteiger partial charge on any atom is -0.290 e. The predicted molar refractivity (Wildman–Crippen MR) is 90.8 cm³/mol. The number of thioether (sulfide) groups is 1. The average molecular weight is 309 g/mol. The van der Waals surface area contributed by atoms with Gasteiger partial charge in [0.25, 0.3) is 5.91 Å². The number of amidine groups is 1. The lowest BCUT2D eigenvalue weighted by atomic mass is 10.1. The molecule has 0 atom stereocenters. The van der Waals surface area contributed by atoms with Gasteiger partial charge in [-0.2, -0.15) is 0 Å². The van der Waals surface area contributed by atoms with E-state index in [4.69, 9.17) is 0 Å². The molecule has 0 spiro atoms. The molecule has 22 heavy (non-hydrogen) atoms. The Morgan fingerprint density at radius 2 is 2.14 bits per heavy atom. The molecule has 0 unspecified atom stereocenters. The van der Waals surface area contributed by atoms with E-state index in [0.717, 1.165) is 11.3 Å². The standard InChI is InChI=1S/C17H15N3OS/c1-12-5-3-6-13(9-12)10-15-16(21)20(2)17(22-15)19-14-7-4-8-18-11-14/h3-11H,1-2H3/b15-10-,19-17?. The molecule has 1 aliphatic heterocycles. The summed E-state index contributed by atoms with van der Waals surface area (Å²) in [6.07, 6.45) is 5.28. The topological polar surface area (TPSA) is 45.6 Å². The Bertz CT molecular complexity index is 768. The van der Waals surface area contributed by atoms with Gasteiger partial charge in [0.15, 0.2) is 5.17 Å². The molecule has 0 aliphatic carbocycles. The fourth-order valence-electron chi connectivity index (χ4n) is 2.09. The molecule has 3 rings (SSSR count). The number of hydrogen-bond acceptors (Lipinski definition) is 4. The van der Waals surface area contributed by atoms with Crippen LogP contribution >= 0.6 is 11.8 Å². The molecule has 2 aromatic rings. The van der Waals surface area contributed by atoms with Gasteiger partial charge in [-0.15, -0.1) is 0 Å². The lowest BCUT2D eigenvalue weighted by molar-refractivity contribution is -0.121. The Morgan fingerprint density at radius 3 is 2.86 bits per heavy atom. The van der Waals surface area contributed by atoms with Gasteiger partial charge in [-0.1, -0.05) is 29.8 Å². The van der Waals surface area contributed by atoms with E-state index in [1.807, 2.05) is 43.3 Å². The van der Waals surface area contributed by atoms with Crippen molar-refractivity contribution in [2.45, 2.75) is 6.92 Å². The van der Waals surface area contributed by atoms with E-state index < -0.39 is 0 Å². The van der Waals surface area contributed by atoms with Gasteiger partial charge in [-0.05, 0) is 42.5 Å². The second kappa shape index (κ2) is 6.15. The van der Waals surface area contributed by atoms with Crippen molar-refractivity contribution in [3.8, 4) is 0 Å². The number of aromatic nitrogens is 1. The fraction of sp³-hybridized carbons (Fsp3) is 0.118. The van der Waals surface area contributed by atoms with E-state index in [2.05, 4.69) is 16.0 Å². The van der Waals surface area contributed by atoms with Crippen molar-refractivity contribution >= 4 is 34.6 Å². The number of amides is 1. The first-order chi connectivity index (χ1) is 10.6. The highest BCUT2D eigenvalue weighted by molar-refractivity contribution is 8.18. The Morgan fingerprint density at radius 1 is 1.27 bits per heavy atom. The summed E-state index contributed by atoms with van der Waals surface area (Å²) >= 11 is 1.38. The van der Waals surface area contributed by atoms with Gasteiger partial charge >= 0.3 is 0 Å². The molecule has 1 aromatic carbocycles. The minimum absolute atomic E-state index is 0.0332. The summed E-state index contributed by atoms with van der Waals surface area (Å²) < 4.78 is 0. The average Bonchev–Trinajstić information content (AvgIpc) is 2.77. The number of hydrogen-bond donors (Lipinski definition) is 0. The van der Waals surface area contributed by atoms with Gasteiger partial charge in [0, 0.05) is 13.2 Å². The molecule has 1 fully saturated rings. The Balaban J connectivity index is 1.90. The predicted octanol–water partition coefficient (Wildman–Crippen LogP) is 3.62. The molecular formula is C17H15N3OS. The van der Waals surface area contributed by atoms with E-state index in [0.29, 0.717) is 10.1 Å². The zero-order valence-corrected chi connectivity index (χ0v) is 13.2. The zero-order chi connectivity index (χ0) is 15.5. The summed E-state index contributed by atoms with van der Waals surface area (Å²) in [5, 5.41) is 0.664. The van der Waals surface area contributed by atoms with Crippen LogP contribution in [0.25, 0.3) is 6.08 Å². The van der Waals surface area contributed by atoms with Gasteiger partial charge in [0.2, 0.25) is 0 Å². The Kier molecular flexibility index (Phi) is 4.06. The quantitative estimate of drug-likeness (QED) is 0.796. The summed E-state index contributed by atoms with van der Waals surface area (Å²) in [7, 11) is 1.74. The SMILES string of the molecule is Cc1cccc(/C=C2\SC(=Nc3cccnc3)N(C)C2=O)c1. The summed E-state index contributed by atoms with van der Waals surface area (Å²) in [5.74, 6) is -0.0332. The molecule has 4 nitrogen and oxygen atoms in total. The van der Waals surface area contributed by atoms with Crippen molar-refractivity contribution in [3.05, 3.63) is 64.8 Å². The number of carbonyl (C=O) groups excluding carboxylic acids is 1. The number of likely N-dealkylation sites (N-methyl/N-ethyl adjacent to an activating group) is 1. The molecule has 1 amide bonds. The molecule has 0 saturated carbocycles. The Labute approximate surface area is 133 Å². The third-order valence-corrected chi connectivity index (χ3v) is 4.27. The van der Waals surface area contributed by atoms with Crippen molar-refractivity contribution in [1.29, 1.82) is 0 Å². The Hall–Kier alpha value is -2.40. The van der Waals surface area contributed by atoms with E-state index in [-0.39, 0.29) is 5.91 Å². The van der Waals surface area contributed by atoms with E-state index in [1.54, 1.807) is 24.3 Å². The van der Waals surface area contributed by atoms with Crippen LogP contribution < -0.4 is 0 Å². The van der Waals surface area contributed by atoms with Crippen molar-refractivity contribution < 1.29 is 4.79 Å². The maximum atomic E-state index is 12.3. The number of aryl methyl sites for hydroxylation is 1. The third-order valence-electron chi connectivity index (χ3n) is 3.21. The zero-order valence-electron chi connectivity index (χ0n) is 12.4. The smallest absolute Gasteiger partial charge is 0.266 e. The number of benzene rings is 1. The van der Waals surface area contributed by atoms with Crippen LogP contribution in [0.5, 0.6) is 0 Å². The highest BCUT2D eigenvalue weighted by atomic mass is 32.2. The first-order valence-electron chi connectivity index (χ1n) is 6.86. The molecule has 1 aliphatic rings. The maximum absolute atomic E-state index is 12.3. The van der Waals surface area contributed by atoms with Gasteiger partial charge in [0.05, 0.1) is 16.8 Å². The minimum atomic E-state index is -0.0332. The number of aliphatic imine (C=N–C) groups is 1. The number of carbonyl (C=O) groups is 1. The van der Waals surface area contributed by atoms with Crippen LogP contribution in [0.2, 0.25) is 0 Å². The van der Waals surface area contributed by atoms with Crippen molar-refractivity contribution in [1.82, 2.24) is 9.88 Å². The van der Waals surface area contributed by atoms with Gasteiger partial charge in [-0.3, -0.25) is 14.7 Å². The lowest BCUT2D eigenvalue weighted by Gasteiger charge is -2.06. The van der Waals surface area contributed by atoms with Crippen LogP contribution in [0.4, 0.5) is 5.69 Å². The first-order valence-corrected chi connectivity index (χ1v) is 7.68. The van der Waals surface area contributed by atoms with Crippen LogP contribution in [0.1, 0.15) is 11.1 Å². The third kappa shape index (κ3) is 3.09. The number of rotatable bonds is 2. The van der Waals surface area contributed by atoms with E-state index >= 15 is 0 Å². The van der Waals surface area contributed by atoms with Crippen LogP contribution in [0.3, 0.4) is 0 Å². The van der Waals surface area contributed by atoms with Crippen molar-refractivity contribution in [2.24, 2.45) is 4.99 Å². The summed E-state index contributed by atoms with van der Waals surface area (Å²) in [6, 6.07) is 11.7. The molecule has 1 aromatic heterocycles. The van der Waals surface area contributed by atoms with Gasteiger partial charge < -0.3 is 0 Å². The molecular weight excluding hydrogens is 294 g/mol. The van der Waals surface area contributed by atoms with Crippen LogP contribution in [0, 0.1) is 6.92 Å². The second-order valence-electron chi connectivity index (χ2n) is 4.99. The molecule has 110 valence electrons. The highest BCUT2D eigenvalue weighted by Gasteiger charge is 2.30. The van der Waals surface area contributed by atoms with E-state index in [1.165, 1.54) is 17.3 Å². The first kappa shape index (κ1) is 14.5. The monoisotopic (exact) mass is 309 g/mol.